The van der Waals surface area contributed by atoms with Crippen LogP contribution in [0.1, 0.15) is 181 Å². The summed E-state index contributed by atoms with van der Waals surface area (Å²) in [7, 11) is 5.95. The lowest BCUT2D eigenvalue weighted by molar-refractivity contribution is -0.870. The lowest BCUT2D eigenvalue weighted by atomic mass is 10.1. The van der Waals surface area contributed by atoms with Crippen LogP contribution in [-0.2, 0) is 33.3 Å². The van der Waals surface area contributed by atoms with Crippen LogP contribution in [0.5, 0.6) is 0 Å². The molecule has 2 atom stereocenters. The van der Waals surface area contributed by atoms with Gasteiger partial charge in [-0.05, 0) is 57.8 Å². The maximum Gasteiger partial charge on any atom is 0.361 e. The Kier molecular flexibility index (Phi) is 35.2. The number of carbonyl (C=O) groups is 3. The maximum atomic E-state index is 12.7. The third kappa shape index (κ3) is 37.9. The van der Waals surface area contributed by atoms with Crippen LogP contribution in [0.15, 0.2) is 24.3 Å². The highest BCUT2D eigenvalue weighted by molar-refractivity contribution is 5.71. The number of carbonyl (C=O) groups excluding carboxylic acids is 2. The molecule has 0 aromatic carbocycles. The summed E-state index contributed by atoms with van der Waals surface area (Å²) in [6, 6.07) is 0. The van der Waals surface area contributed by atoms with E-state index in [0.717, 1.165) is 70.6 Å². The summed E-state index contributed by atoms with van der Waals surface area (Å²) >= 11 is 0. The van der Waals surface area contributed by atoms with Crippen molar-refractivity contribution in [3.05, 3.63) is 24.3 Å². The number of likely N-dealkylation sites (N-methyl/N-ethyl adjacent to an activating group) is 1. The first-order valence-electron chi connectivity index (χ1n) is 21.5. The number of aliphatic carboxylic acids is 1. The number of allylic oxidation sites excluding steroid dienone is 4. The maximum absolute atomic E-state index is 12.7. The molecule has 9 nitrogen and oxygen atoms in total. The van der Waals surface area contributed by atoms with Gasteiger partial charge in [0.2, 0.25) is 0 Å². The van der Waals surface area contributed by atoms with Crippen molar-refractivity contribution < 1.29 is 42.9 Å². The molecule has 0 aromatic heterocycles. The molecule has 0 fully saturated rings. The monoisotopic (exact) mass is 753 g/mol. The Hall–Kier alpha value is -2.23. The molecule has 0 amide bonds. The van der Waals surface area contributed by atoms with Crippen molar-refractivity contribution in [2.24, 2.45) is 0 Å². The van der Waals surface area contributed by atoms with E-state index in [1.807, 2.05) is 21.1 Å². The molecule has 0 radical (unpaired) electrons. The van der Waals surface area contributed by atoms with Gasteiger partial charge in [0, 0.05) is 12.8 Å². The quantitative estimate of drug-likeness (QED) is 0.0217. The van der Waals surface area contributed by atoms with Crippen molar-refractivity contribution in [1.29, 1.82) is 0 Å². The summed E-state index contributed by atoms with van der Waals surface area (Å²) in [5.41, 5.74) is 0. The fraction of sp³-hybridized carbons (Fsp3) is 0.841. The average Bonchev–Trinajstić information content (AvgIpc) is 3.11. The molecule has 1 N–H and O–H groups in total. The minimum absolute atomic E-state index is 0.186. The second kappa shape index (κ2) is 36.7. The normalized spacial score (nSPS) is 13.2. The molecule has 0 saturated heterocycles. The Morgan fingerprint density at radius 2 is 0.981 bits per heavy atom. The smallest absolute Gasteiger partial charge is 0.361 e. The van der Waals surface area contributed by atoms with Crippen LogP contribution in [0.4, 0.5) is 0 Å². The van der Waals surface area contributed by atoms with Gasteiger partial charge in [0.05, 0.1) is 34.4 Å². The highest BCUT2D eigenvalue weighted by Gasteiger charge is 2.25. The summed E-state index contributed by atoms with van der Waals surface area (Å²) < 4.78 is 22.7. The van der Waals surface area contributed by atoms with Gasteiger partial charge in [0.15, 0.2) is 6.10 Å². The van der Waals surface area contributed by atoms with Gasteiger partial charge in [-0.15, -0.1) is 0 Å². The number of carboxylic acid groups (broad SMARTS) is 1. The first-order valence-corrected chi connectivity index (χ1v) is 21.5. The fourth-order valence-electron chi connectivity index (χ4n) is 5.75. The number of ether oxygens (including phenoxy) is 4. The lowest BCUT2D eigenvalue weighted by Crippen LogP contribution is -2.40. The van der Waals surface area contributed by atoms with Crippen LogP contribution in [0.2, 0.25) is 0 Å². The molecule has 0 aliphatic carbocycles. The summed E-state index contributed by atoms with van der Waals surface area (Å²) in [4.78, 5) is 37.0. The van der Waals surface area contributed by atoms with E-state index in [2.05, 4.69) is 38.2 Å². The summed E-state index contributed by atoms with van der Waals surface area (Å²) in [5, 5.41) is 9.61. The molecular formula is C44H82NO8+. The van der Waals surface area contributed by atoms with Crippen molar-refractivity contribution in [2.75, 3.05) is 47.5 Å². The third-order valence-corrected chi connectivity index (χ3v) is 9.18. The lowest BCUT2D eigenvalue weighted by Gasteiger charge is -2.25. The van der Waals surface area contributed by atoms with Crippen LogP contribution in [-0.4, -0.2) is 87.4 Å². The van der Waals surface area contributed by atoms with Gasteiger partial charge in [-0.1, -0.05) is 134 Å². The van der Waals surface area contributed by atoms with Crippen LogP contribution < -0.4 is 0 Å². The van der Waals surface area contributed by atoms with Gasteiger partial charge in [-0.3, -0.25) is 9.59 Å². The molecule has 0 aromatic rings. The molecule has 0 saturated carbocycles. The number of quaternary nitrogens is 1. The molecule has 0 rings (SSSR count). The minimum atomic E-state index is -1.51. The number of rotatable bonds is 39. The molecule has 0 aliphatic rings. The van der Waals surface area contributed by atoms with E-state index >= 15 is 0 Å². The molecule has 0 bridgehead atoms. The highest BCUT2D eigenvalue weighted by Crippen LogP contribution is 2.13. The van der Waals surface area contributed by atoms with Crippen molar-refractivity contribution in [2.45, 2.75) is 193 Å². The summed E-state index contributed by atoms with van der Waals surface area (Å²) in [6.07, 6.45) is 35.2. The van der Waals surface area contributed by atoms with Crippen molar-refractivity contribution in [3.8, 4) is 0 Å². The van der Waals surface area contributed by atoms with Crippen LogP contribution in [0.25, 0.3) is 0 Å². The largest absolute Gasteiger partial charge is 0.477 e. The van der Waals surface area contributed by atoms with Crippen molar-refractivity contribution in [3.63, 3.8) is 0 Å². The van der Waals surface area contributed by atoms with Gasteiger partial charge < -0.3 is 28.5 Å². The fourth-order valence-corrected chi connectivity index (χ4v) is 5.75. The Labute approximate surface area is 325 Å². The van der Waals surface area contributed by atoms with Gasteiger partial charge in [-0.2, -0.15) is 0 Å². The Balaban J connectivity index is 4.46. The predicted octanol–water partition coefficient (Wildman–Crippen LogP) is 10.9. The SMILES string of the molecule is CCCC/C=C\CCCCCCCC(=O)OCC(COC(OCC[N+](C)(C)C)C(=O)O)OC(=O)CCCCCCCCC/C=C\CCCCCCCC. The number of unbranched alkanes of at least 4 members (excludes halogenated alkanes) is 20. The zero-order valence-corrected chi connectivity index (χ0v) is 34.9. The van der Waals surface area contributed by atoms with Crippen LogP contribution in [0, 0.1) is 0 Å². The van der Waals surface area contributed by atoms with E-state index in [9.17, 15) is 19.5 Å². The zero-order valence-electron chi connectivity index (χ0n) is 34.9. The second-order valence-corrected chi connectivity index (χ2v) is 15.6. The molecule has 0 heterocycles. The zero-order chi connectivity index (χ0) is 39.3. The van der Waals surface area contributed by atoms with Gasteiger partial charge >= 0.3 is 17.9 Å². The van der Waals surface area contributed by atoms with Crippen molar-refractivity contribution >= 4 is 17.9 Å². The van der Waals surface area contributed by atoms with E-state index in [-0.39, 0.29) is 32.2 Å². The van der Waals surface area contributed by atoms with Gasteiger partial charge in [0.1, 0.15) is 13.2 Å². The van der Waals surface area contributed by atoms with Crippen LogP contribution in [0.3, 0.4) is 0 Å². The number of nitrogens with zero attached hydrogens (tertiary/aromatic N) is 1. The number of esters is 2. The topological polar surface area (TPSA) is 108 Å². The molecule has 53 heavy (non-hydrogen) atoms. The van der Waals surface area contributed by atoms with Crippen LogP contribution >= 0.6 is 0 Å². The summed E-state index contributed by atoms with van der Waals surface area (Å²) in [6.45, 7) is 4.81. The van der Waals surface area contributed by atoms with Gasteiger partial charge in [0.25, 0.3) is 6.29 Å². The summed E-state index contributed by atoms with van der Waals surface area (Å²) in [5.74, 6) is -2.02. The number of hydrogen-bond donors (Lipinski definition) is 1. The number of hydrogen-bond acceptors (Lipinski definition) is 7. The standard InChI is InChI=1S/C44H81NO8/c1-6-8-10-12-14-16-18-19-20-21-22-23-25-27-29-31-33-35-42(47)53-40(39-52-44(43(48)49)50-37-36-45(3,4)5)38-51-41(46)34-32-30-28-26-24-17-15-13-11-9-7-2/h13,15,19-20,40,44H,6-12,14,16-18,21-39H2,1-5H3/p+1/b15-13-,20-19-. The van der Waals surface area contributed by atoms with E-state index in [1.54, 1.807) is 0 Å². The highest BCUT2D eigenvalue weighted by atomic mass is 16.7. The number of carboxylic acids is 1. The molecule has 0 aliphatic heterocycles. The van der Waals surface area contributed by atoms with E-state index < -0.39 is 24.3 Å². The first kappa shape index (κ1) is 50.8. The van der Waals surface area contributed by atoms with E-state index in [1.165, 1.54) is 77.0 Å². The molecule has 2 unspecified atom stereocenters. The molecule has 9 heteroatoms. The predicted molar refractivity (Wildman–Crippen MR) is 217 cm³/mol. The Morgan fingerprint density at radius 3 is 1.45 bits per heavy atom. The Morgan fingerprint density at radius 1 is 0.547 bits per heavy atom. The van der Waals surface area contributed by atoms with Gasteiger partial charge in [-0.25, -0.2) is 4.79 Å². The minimum Gasteiger partial charge on any atom is -0.477 e. The third-order valence-electron chi connectivity index (χ3n) is 9.18. The first-order chi connectivity index (χ1) is 25.6. The van der Waals surface area contributed by atoms with E-state index in [0.29, 0.717) is 23.9 Å². The van der Waals surface area contributed by atoms with E-state index in [4.69, 9.17) is 18.9 Å². The van der Waals surface area contributed by atoms with Crippen molar-refractivity contribution in [1.82, 2.24) is 0 Å². The molecular weight excluding hydrogens is 670 g/mol. The molecule has 0 spiro atoms. The Bertz CT molecular complexity index is 929. The molecule has 310 valence electrons. The average molecular weight is 753 g/mol. The second-order valence-electron chi connectivity index (χ2n) is 15.6.